The molecule has 2 aromatic heterocycles. The second-order valence-electron chi connectivity index (χ2n) is 8.06. The van der Waals surface area contributed by atoms with E-state index in [0.29, 0.717) is 17.4 Å². The fraction of sp³-hybridized carbons (Fsp3) is 0.292. The highest BCUT2D eigenvalue weighted by atomic mass is 19.1. The Hall–Kier alpha value is -3.28. The van der Waals surface area contributed by atoms with E-state index in [1.807, 2.05) is 24.4 Å². The highest BCUT2D eigenvalue weighted by Crippen LogP contribution is 2.42. The smallest absolute Gasteiger partial charge is 0.251 e. The van der Waals surface area contributed by atoms with Crippen LogP contribution >= 0.6 is 0 Å². The number of carbonyl (C=O) groups is 1. The van der Waals surface area contributed by atoms with Crippen LogP contribution in [0.25, 0.3) is 21.9 Å². The lowest BCUT2D eigenvalue weighted by molar-refractivity contribution is 0.0963. The van der Waals surface area contributed by atoms with E-state index in [0.717, 1.165) is 53.4 Å². The molecule has 0 spiro atoms. The van der Waals surface area contributed by atoms with Gasteiger partial charge < -0.3 is 10.3 Å². The predicted molar refractivity (Wildman–Crippen MR) is 115 cm³/mol. The fourth-order valence-corrected chi connectivity index (χ4v) is 4.72. The van der Waals surface area contributed by atoms with E-state index in [1.54, 1.807) is 25.2 Å². The van der Waals surface area contributed by atoms with Crippen molar-refractivity contribution < 1.29 is 9.18 Å². The lowest BCUT2D eigenvalue weighted by Crippen LogP contribution is -2.17. The molecule has 0 aliphatic heterocycles. The van der Waals surface area contributed by atoms with Crippen molar-refractivity contribution >= 4 is 27.8 Å². The summed E-state index contributed by atoms with van der Waals surface area (Å²) >= 11 is 0. The van der Waals surface area contributed by atoms with Crippen LogP contribution in [0.4, 0.5) is 4.39 Å². The van der Waals surface area contributed by atoms with E-state index in [9.17, 15) is 9.18 Å². The van der Waals surface area contributed by atoms with Crippen molar-refractivity contribution in [1.29, 1.82) is 0 Å². The minimum atomic E-state index is -0.228. The largest absolute Gasteiger partial charge is 0.355 e. The minimum absolute atomic E-state index is 0.109. The lowest BCUT2D eigenvalue weighted by atomic mass is 9.77. The van der Waals surface area contributed by atoms with Crippen LogP contribution in [-0.2, 0) is 0 Å². The summed E-state index contributed by atoms with van der Waals surface area (Å²) in [5, 5.41) is 3.56. The van der Waals surface area contributed by atoms with Gasteiger partial charge in [0.05, 0.1) is 16.6 Å². The van der Waals surface area contributed by atoms with Crippen LogP contribution in [0.3, 0.4) is 0 Å². The molecule has 30 heavy (non-hydrogen) atoms. The van der Waals surface area contributed by atoms with Crippen LogP contribution in [0.2, 0.25) is 0 Å². The Labute approximate surface area is 173 Å². The topological polar surface area (TPSA) is 70.7 Å². The molecule has 1 fully saturated rings. The van der Waals surface area contributed by atoms with Crippen molar-refractivity contribution in [1.82, 2.24) is 20.3 Å². The lowest BCUT2D eigenvalue weighted by Gasteiger charge is -2.29. The quantitative estimate of drug-likeness (QED) is 0.504. The minimum Gasteiger partial charge on any atom is -0.355 e. The van der Waals surface area contributed by atoms with Crippen molar-refractivity contribution in [3.8, 4) is 0 Å². The molecule has 2 heterocycles. The zero-order valence-corrected chi connectivity index (χ0v) is 16.8. The van der Waals surface area contributed by atoms with Crippen LogP contribution in [0.15, 0.2) is 48.7 Å². The van der Waals surface area contributed by atoms with Crippen molar-refractivity contribution in [3.63, 3.8) is 0 Å². The second kappa shape index (κ2) is 7.52. The third-order valence-corrected chi connectivity index (χ3v) is 6.23. The first-order chi connectivity index (χ1) is 14.6. The zero-order chi connectivity index (χ0) is 20.7. The van der Waals surface area contributed by atoms with Crippen molar-refractivity contribution in [2.45, 2.75) is 37.5 Å². The van der Waals surface area contributed by atoms with Gasteiger partial charge in [-0.25, -0.2) is 9.37 Å². The molecule has 2 atom stereocenters. The number of aromatic amines is 1. The van der Waals surface area contributed by atoms with E-state index < -0.39 is 0 Å². The number of nitrogens with one attached hydrogen (secondary N) is 2. The number of pyridine rings is 1. The van der Waals surface area contributed by atoms with Gasteiger partial charge in [-0.05, 0) is 73.2 Å². The average Bonchev–Trinajstić information content (AvgIpc) is 3.21. The number of H-pyrrole nitrogens is 1. The Morgan fingerprint density at radius 2 is 1.93 bits per heavy atom. The molecule has 1 saturated carbocycles. The summed E-state index contributed by atoms with van der Waals surface area (Å²) in [4.78, 5) is 24.6. The molecular formula is C24H23FN4O. The predicted octanol–water partition coefficient (Wildman–Crippen LogP) is 5.05. The maximum absolute atomic E-state index is 13.9. The maximum atomic E-state index is 13.9. The van der Waals surface area contributed by atoms with E-state index in [4.69, 9.17) is 4.98 Å². The Bertz CT molecular complexity index is 1250. The summed E-state index contributed by atoms with van der Waals surface area (Å²) in [5.74, 6) is 1.27. The van der Waals surface area contributed by atoms with E-state index >= 15 is 0 Å². The molecule has 1 amide bonds. The molecule has 4 aromatic rings. The number of halogens is 1. The van der Waals surface area contributed by atoms with Gasteiger partial charge in [-0.2, -0.15) is 0 Å². The first-order valence-electron chi connectivity index (χ1n) is 10.4. The molecule has 1 aliphatic rings. The molecule has 5 nitrogen and oxygen atoms in total. The van der Waals surface area contributed by atoms with Gasteiger partial charge in [-0.15, -0.1) is 0 Å². The van der Waals surface area contributed by atoms with Crippen LogP contribution in [0, 0.1) is 5.82 Å². The highest BCUT2D eigenvalue weighted by Gasteiger charge is 2.27. The molecule has 1 aliphatic carbocycles. The Morgan fingerprint density at radius 3 is 2.80 bits per heavy atom. The molecule has 2 unspecified atom stereocenters. The number of rotatable bonds is 3. The number of nitrogens with zero attached hydrogens (tertiary/aromatic N) is 2. The third-order valence-electron chi connectivity index (χ3n) is 6.23. The van der Waals surface area contributed by atoms with Gasteiger partial charge in [0, 0.05) is 30.1 Å². The first-order valence-corrected chi connectivity index (χ1v) is 10.4. The number of carbonyl (C=O) groups excluding carboxylic acids is 1. The standard InChI is InChI=1S/C24H23FN4O/c1-26-24(30)16-5-7-21-22(12-16)29-23(28-21)15-4-2-3-14(11-15)18-9-10-27-20-8-6-17(25)13-19(18)20/h5-10,12-15H,2-4,11H2,1H3,(H,26,30)(H,28,29). The summed E-state index contributed by atoms with van der Waals surface area (Å²) in [6, 6.07) is 12.4. The summed E-state index contributed by atoms with van der Waals surface area (Å²) in [5.41, 5.74) is 4.37. The number of hydrogen-bond acceptors (Lipinski definition) is 3. The number of benzene rings is 2. The van der Waals surface area contributed by atoms with Crippen LogP contribution in [0.1, 0.15) is 59.3 Å². The number of imidazole rings is 1. The normalized spacial score (nSPS) is 19.3. The summed E-state index contributed by atoms with van der Waals surface area (Å²) in [7, 11) is 1.63. The van der Waals surface area contributed by atoms with Crippen molar-refractivity contribution in [2.24, 2.45) is 0 Å². The number of amides is 1. The molecule has 2 N–H and O–H groups in total. The third kappa shape index (κ3) is 3.32. The van der Waals surface area contributed by atoms with Gasteiger partial charge in [-0.1, -0.05) is 6.42 Å². The maximum Gasteiger partial charge on any atom is 0.251 e. The molecule has 5 rings (SSSR count). The van der Waals surface area contributed by atoms with Crippen molar-refractivity contribution in [2.75, 3.05) is 7.05 Å². The summed E-state index contributed by atoms with van der Waals surface area (Å²) < 4.78 is 13.9. The van der Waals surface area contributed by atoms with Crippen molar-refractivity contribution in [3.05, 3.63) is 71.4 Å². The van der Waals surface area contributed by atoms with Crippen LogP contribution in [0.5, 0.6) is 0 Å². The van der Waals surface area contributed by atoms with E-state index in [-0.39, 0.29) is 11.7 Å². The molecule has 0 radical (unpaired) electrons. The van der Waals surface area contributed by atoms with Gasteiger partial charge in [0.1, 0.15) is 11.6 Å². The monoisotopic (exact) mass is 402 g/mol. The second-order valence-corrected chi connectivity index (χ2v) is 8.06. The molecule has 2 aromatic carbocycles. The van der Waals surface area contributed by atoms with Gasteiger partial charge in [0.2, 0.25) is 0 Å². The zero-order valence-electron chi connectivity index (χ0n) is 16.8. The molecule has 6 heteroatoms. The summed E-state index contributed by atoms with van der Waals surface area (Å²) in [6.45, 7) is 0. The molecular weight excluding hydrogens is 379 g/mol. The Kier molecular flexibility index (Phi) is 4.69. The fourth-order valence-electron chi connectivity index (χ4n) is 4.72. The van der Waals surface area contributed by atoms with Gasteiger partial charge in [0.15, 0.2) is 0 Å². The highest BCUT2D eigenvalue weighted by molar-refractivity contribution is 5.97. The Balaban J connectivity index is 1.46. The molecule has 152 valence electrons. The summed E-state index contributed by atoms with van der Waals surface area (Å²) in [6.07, 6.45) is 6.01. The van der Waals surface area contributed by atoms with Gasteiger partial charge in [0.25, 0.3) is 5.91 Å². The van der Waals surface area contributed by atoms with E-state index in [1.165, 1.54) is 11.6 Å². The number of fused-ring (bicyclic) bond motifs is 2. The number of aromatic nitrogens is 3. The van der Waals surface area contributed by atoms with E-state index in [2.05, 4.69) is 15.3 Å². The van der Waals surface area contributed by atoms with Gasteiger partial charge in [-0.3, -0.25) is 9.78 Å². The SMILES string of the molecule is CNC(=O)c1ccc2nc(C3CCCC(c4ccnc5ccc(F)cc45)C3)[nH]c2c1. The molecule has 0 bridgehead atoms. The average molecular weight is 402 g/mol. The van der Waals surface area contributed by atoms with Gasteiger partial charge >= 0.3 is 0 Å². The number of hydrogen-bond donors (Lipinski definition) is 2. The first kappa shape index (κ1) is 18.7. The van der Waals surface area contributed by atoms with Crippen LogP contribution < -0.4 is 5.32 Å². The Morgan fingerprint density at radius 1 is 1.10 bits per heavy atom. The van der Waals surface area contributed by atoms with Crippen LogP contribution in [-0.4, -0.2) is 27.9 Å². The molecule has 0 saturated heterocycles.